The molecular weight excluding hydrogens is 356 g/mol. The standard InChI is InChI=1S/C18H23ClN4O3/c1-11-9-12(2)23(22-11)13(3)18(25)21-16-6-5-14(10-15(16)19)20-17(24)7-8-26-4/h5-6,9-10,13H,7-8H2,1-4H3,(H,20,24)(H,21,25). The highest BCUT2D eigenvalue weighted by molar-refractivity contribution is 6.34. The van der Waals surface area contributed by atoms with Crippen LogP contribution < -0.4 is 10.6 Å². The number of carbonyl (C=O) groups is 2. The molecule has 1 aromatic heterocycles. The molecule has 0 fully saturated rings. The van der Waals surface area contributed by atoms with E-state index in [1.54, 1.807) is 29.8 Å². The van der Waals surface area contributed by atoms with E-state index in [0.29, 0.717) is 23.0 Å². The van der Waals surface area contributed by atoms with Crippen LogP contribution in [0.4, 0.5) is 11.4 Å². The Morgan fingerprint density at radius 1 is 1.27 bits per heavy atom. The first-order valence-corrected chi connectivity index (χ1v) is 8.61. The monoisotopic (exact) mass is 378 g/mol. The fourth-order valence-electron chi connectivity index (χ4n) is 2.50. The quantitative estimate of drug-likeness (QED) is 0.773. The molecule has 1 unspecified atom stereocenters. The second kappa shape index (κ2) is 8.82. The molecule has 0 saturated carbocycles. The zero-order chi connectivity index (χ0) is 19.3. The number of aromatic nitrogens is 2. The van der Waals surface area contributed by atoms with Crippen LogP contribution in [0.2, 0.25) is 5.02 Å². The van der Waals surface area contributed by atoms with Crippen molar-refractivity contribution in [3.05, 3.63) is 40.7 Å². The zero-order valence-corrected chi connectivity index (χ0v) is 16.1. The third-order valence-corrected chi connectivity index (χ3v) is 4.15. The Hall–Kier alpha value is -2.38. The molecule has 0 aliphatic heterocycles. The lowest BCUT2D eigenvalue weighted by molar-refractivity contribution is -0.119. The van der Waals surface area contributed by atoms with E-state index >= 15 is 0 Å². The van der Waals surface area contributed by atoms with Crippen molar-refractivity contribution in [1.82, 2.24) is 9.78 Å². The molecule has 0 aliphatic carbocycles. The number of benzene rings is 1. The number of aryl methyl sites for hydroxylation is 2. The molecule has 0 radical (unpaired) electrons. The molecule has 140 valence electrons. The highest BCUT2D eigenvalue weighted by Gasteiger charge is 2.19. The van der Waals surface area contributed by atoms with E-state index in [-0.39, 0.29) is 18.2 Å². The van der Waals surface area contributed by atoms with Crippen LogP contribution in [0.15, 0.2) is 24.3 Å². The first-order chi connectivity index (χ1) is 12.3. The van der Waals surface area contributed by atoms with Gasteiger partial charge in [0.15, 0.2) is 0 Å². The summed E-state index contributed by atoms with van der Waals surface area (Å²) in [4.78, 5) is 24.2. The second-order valence-corrected chi connectivity index (χ2v) is 6.43. The summed E-state index contributed by atoms with van der Waals surface area (Å²) in [6.07, 6.45) is 0.257. The van der Waals surface area contributed by atoms with Gasteiger partial charge in [0.2, 0.25) is 11.8 Å². The predicted octanol–water partition coefficient (Wildman–Crippen LogP) is 3.33. The van der Waals surface area contributed by atoms with E-state index in [0.717, 1.165) is 11.4 Å². The van der Waals surface area contributed by atoms with Gasteiger partial charge in [0.1, 0.15) is 6.04 Å². The molecule has 2 amide bonds. The van der Waals surface area contributed by atoms with Gasteiger partial charge in [-0.15, -0.1) is 0 Å². The molecule has 26 heavy (non-hydrogen) atoms. The Balaban J connectivity index is 2.04. The van der Waals surface area contributed by atoms with Crippen molar-refractivity contribution in [2.75, 3.05) is 24.4 Å². The Morgan fingerprint density at radius 3 is 2.58 bits per heavy atom. The number of anilines is 2. The average molecular weight is 379 g/mol. The highest BCUT2D eigenvalue weighted by atomic mass is 35.5. The molecule has 0 bridgehead atoms. The highest BCUT2D eigenvalue weighted by Crippen LogP contribution is 2.26. The third kappa shape index (κ3) is 5.06. The van der Waals surface area contributed by atoms with E-state index in [9.17, 15) is 9.59 Å². The molecule has 0 spiro atoms. The maximum absolute atomic E-state index is 12.5. The topological polar surface area (TPSA) is 85.3 Å². The number of carbonyl (C=O) groups excluding carboxylic acids is 2. The van der Waals surface area contributed by atoms with Crippen LogP contribution in [0.3, 0.4) is 0 Å². The number of methoxy groups -OCH3 is 1. The van der Waals surface area contributed by atoms with Gasteiger partial charge in [0.05, 0.1) is 29.4 Å². The Labute approximate surface area is 157 Å². The molecule has 1 aromatic carbocycles. The van der Waals surface area contributed by atoms with Crippen molar-refractivity contribution < 1.29 is 14.3 Å². The predicted molar refractivity (Wildman–Crippen MR) is 102 cm³/mol. The van der Waals surface area contributed by atoms with E-state index in [1.165, 1.54) is 7.11 Å². The molecule has 8 heteroatoms. The summed E-state index contributed by atoms with van der Waals surface area (Å²) >= 11 is 6.23. The van der Waals surface area contributed by atoms with Crippen molar-refractivity contribution >= 4 is 34.8 Å². The number of halogens is 1. The van der Waals surface area contributed by atoms with Gasteiger partial charge >= 0.3 is 0 Å². The van der Waals surface area contributed by atoms with Crippen molar-refractivity contribution in [3.63, 3.8) is 0 Å². The fourth-order valence-corrected chi connectivity index (χ4v) is 2.73. The lowest BCUT2D eigenvalue weighted by Crippen LogP contribution is -2.25. The van der Waals surface area contributed by atoms with E-state index in [2.05, 4.69) is 15.7 Å². The molecule has 0 saturated heterocycles. The van der Waals surface area contributed by atoms with Gasteiger partial charge in [-0.05, 0) is 45.0 Å². The maximum Gasteiger partial charge on any atom is 0.248 e. The second-order valence-electron chi connectivity index (χ2n) is 6.02. The Kier molecular flexibility index (Phi) is 6.76. The number of amides is 2. The largest absolute Gasteiger partial charge is 0.384 e. The number of ether oxygens (including phenoxy) is 1. The van der Waals surface area contributed by atoms with Crippen molar-refractivity contribution in [2.24, 2.45) is 0 Å². The van der Waals surface area contributed by atoms with Crippen molar-refractivity contribution in [2.45, 2.75) is 33.2 Å². The Morgan fingerprint density at radius 2 is 2.00 bits per heavy atom. The fraction of sp³-hybridized carbons (Fsp3) is 0.389. The first kappa shape index (κ1) is 19.9. The van der Waals surface area contributed by atoms with E-state index in [1.807, 2.05) is 19.9 Å². The minimum absolute atomic E-state index is 0.169. The molecular formula is C18H23ClN4O3. The smallest absolute Gasteiger partial charge is 0.248 e. The maximum atomic E-state index is 12.5. The van der Waals surface area contributed by atoms with E-state index < -0.39 is 6.04 Å². The van der Waals surface area contributed by atoms with Gasteiger partial charge in [0.25, 0.3) is 0 Å². The Bertz CT molecular complexity index is 804. The van der Waals surface area contributed by atoms with Gasteiger partial charge < -0.3 is 15.4 Å². The molecule has 1 atom stereocenters. The molecule has 0 aliphatic rings. The lowest BCUT2D eigenvalue weighted by atomic mass is 10.2. The number of rotatable bonds is 7. The molecule has 2 rings (SSSR count). The number of nitrogens with one attached hydrogen (secondary N) is 2. The zero-order valence-electron chi connectivity index (χ0n) is 15.3. The molecule has 7 nitrogen and oxygen atoms in total. The van der Waals surface area contributed by atoms with Crippen LogP contribution in [0.5, 0.6) is 0 Å². The minimum Gasteiger partial charge on any atom is -0.384 e. The van der Waals surface area contributed by atoms with Gasteiger partial charge in [-0.25, -0.2) is 0 Å². The van der Waals surface area contributed by atoms with Crippen LogP contribution in [-0.4, -0.2) is 35.3 Å². The van der Waals surface area contributed by atoms with Crippen LogP contribution in [-0.2, 0) is 14.3 Å². The van der Waals surface area contributed by atoms with Gasteiger partial charge in [-0.3, -0.25) is 14.3 Å². The van der Waals surface area contributed by atoms with E-state index in [4.69, 9.17) is 16.3 Å². The summed E-state index contributed by atoms with van der Waals surface area (Å²) in [6, 6.07) is 6.36. The SMILES string of the molecule is COCCC(=O)Nc1ccc(NC(=O)C(C)n2nc(C)cc2C)c(Cl)c1. The minimum atomic E-state index is -0.479. The summed E-state index contributed by atoms with van der Waals surface area (Å²) in [7, 11) is 1.54. The number of hydrogen-bond acceptors (Lipinski definition) is 4. The summed E-state index contributed by atoms with van der Waals surface area (Å²) in [5, 5.41) is 10.2. The number of nitrogens with zero attached hydrogens (tertiary/aromatic N) is 2. The van der Waals surface area contributed by atoms with Crippen LogP contribution in [0.1, 0.15) is 30.8 Å². The summed E-state index contributed by atoms with van der Waals surface area (Å²) in [6.45, 7) is 5.90. The number of hydrogen-bond donors (Lipinski definition) is 2. The lowest BCUT2D eigenvalue weighted by Gasteiger charge is -2.16. The van der Waals surface area contributed by atoms with Gasteiger partial charge in [-0.1, -0.05) is 11.6 Å². The van der Waals surface area contributed by atoms with Crippen LogP contribution >= 0.6 is 11.6 Å². The molecule has 2 aromatic rings. The summed E-state index contributed by atoms with van der Waals surface area (Å²) in [5.41, 5.74) is 2.79. The van der Waals surface area contributed by atoms with Gasteiger partial charge in [0, 0.05) is 18.5 Å². The third-order valence-electron chi connectivity index (χ3n) is 3.83. The van der Waals surface area contributed by atoms with Gasteiger partial charge in [-0.2, -0.15) is 5.10 Å². The summed E-state index contributed by atoms with van der Waals surface area (Å²) in [5.74, 6) is -0.396. The van der Waals surface area contributed by atoms with Crippen LogP contribution in [0.25, 0.3) is 0 Å². The van der Waals surface area contributed by atoms with Crippen LogP contribution in [0, 0.1) is 13.8 Å². The summed E-state index contributed by atoms with van der Waals surface area (Å²) < 4.78 is 6.53. The molecule has 1 heterocycles. The van der Waals surface area contributed by atoms with Crippen molar-refractivity contribution in [3.8, 4) is 0 Å². The normalized spacial score (nSPS) is 11.9. The average Bonchev–Trinajstić information content (AvgIpc) is 2.93. The van der Waals surface area contributed by atoms with Crippen molar-refractivity contribution in [1.29, 1.82) is 0 Å². The molecule has 2 N–H and O–H groups in total. The first-order valence-electron chi connectivity index (χ1n) is 8.23.